The van der Waals surface area contributed by atoms with E-state index in [0.717, 1.165) is 0 Å². The van der Waals surface area contributed by atoms with Crippen molar-refractivity contribution in [3.05, 3.63) is 29.6 Å². The van der Waals surface area contributed by atoms with E-state index in [0.29, 0.717) is 5.69 Å². The van der Waals surface area contributed by atoms with Crippen molar-refractivity contribution in [1.29, 1.82) is 0 Å². The van der Waals surface area contributed by atoms with Gasteiger partial charge in [0, 0.05) is 24.7 Å². The monoisotopic (exact) mass is 281 g/mol. The third-order valence-electron chi connectivity index (χ3n) is 2.54. The summed E-state index contributed by atoms with van der Waals surface area (Å²) >= 11 is 0. The van der Waals surface area contributed by atoms with Crippen LogP contribution in [0, 0.1) is 0 Å². The summed E-state index contributed by atoms with van der Waals surface area (Å²) < 4.78 is 0. The number of hydrogen-bond acceptors (Lipinski definition) is 5. The van der Waals surface area contributed by atoms with E-state index in [1.54, 1.807) is 0 Å². The van der Waals surface area contributed by atoms with Crippen molar-refractivity contribution in [3.63, 3.8) is 0 Å². The van der Waals surface area contributed by atoms with Crippen molar-refractivity contribution in [3.8, 4) is 0 Å². The fraction of sp³-hybridized carbons (Fsp3) is 0.333. The minimum Gasteiger partial charge on any atom is -0.481 e. The number of amides is 1. The molecule has 0 aromatic carbocycles. The SMILES string of the molecule is NCc1cc(C(=O)N[C@@H](CCC(=O)O)C(=O)O)ccn1. The van der Waals surface area contributed by atoms with Crippen LogP contribution < -0.4 is 11.1 Å². The molecule has 0 saturated heterocycles. The number of nitrogens with zero attached hydrogens (tertiary/aromatic N) is 1. The first-order valence-corrected chi connectivity index (χ1v) is 5.84. The Morgan fingerprint density at radius 3 is 2.60 bits per heavy atom. The zero-order valence-corrected chi connectivity index (χ0v) is 10.6. The van der Waals surface area contributed by atoms with Gasteiger partial charge < -0.3 is 21.3 Å². The lowest BCUT2D eigenvalue weighted by atomic mass is 10.1. The molecule has 5 N–H and O–H groups in total. The molecule has 8 nitrogen and oxygen atoms in total. The summed E-state index contributed by atoms with van der Waals surface area (Å²) in [4.78, 5) is 37.2. The van der Waals surface area contributed by atoms with Crippen LogP contribution in [0.3, 0.4) is 0 Å². The third kappa shape index (κ3) is 4.65. The molecule has 0 aliphatic rings. The Morgan fingerprint density at radius 1 is 1.35 bits per heavy atom. The number of carbonyl (C=O) groups is 3. The van der Waals surface area contributed by atoms with Gasteiger partial charge in [0.15, 0.2) is 0 Å². The Morgan fingerprint density at radius 2 is 2.05 bits per heavy atom. The van der Waals surface area contributed by atoms with Crippen LogP contribution in [0.5, 0.6) is 0 Å². The van der Waals surface area contributed by atoms with E-state index < -0.39 is 23.9 Å². The summed E-state index contributed by atoms with van der Waals surface area (Å²) in [6, 6.07) is 1.61. The Kier molecular flexibility index (Phi) is 5.60. The van der Waals surface area contributed by atoms with Crippen molar-refractivity contribution in [2.24, 2.45) is 5.73 Å². The number of aromatic nitrogens is 1. The largest absolute Gasteiger partial charge is 0.481 e. The lowest BCUT2D eigenvalue weighted by Crippen LogP contribution is -2.41. The van der Waals surface area contributed by atoms with Crippen LogP contribution in [-0.4, -0.2) is 39.1 Å². The van der Waals surface area contributed by atoms with Crippen molar-refractivity contribution in [1.82, 2.24) is 10.3 Å². The van der Waals surface area contributed by atoms with Crippen molar-refractivity contribution in [2.45, 2.75) is 25.4 Å². The average molecular weight is 281 g/mol. The number of carbonyl (C=O) groups excluding carboxylic acids is 1. The molecule has 1 atom stereocenters. The van der Waals surface area contributed by atoms with Crippen molar-refractivity contribution in [2.75, 3.05) is 0 Å². The quantitative estimate of drug-likeness (QED) is 0.532. The Bertz CT molecular complexity index is 518. The van der Waals surface area contributed by atoms with Gasteiger partial charge in [0.25, 0.3) is 5.91 Å². The minimum atomic E-state index is -1.28. The number of carboxylic acid groups (broad SMARTS) is 2. The number of hydrogen-bond donors (Lipinski definition) is 4. The normalized spacial score (nSPS) is 11.7. The number of rotatable bonds is 7. The van der Waals surface area contributed by atoms with Gasteiger partial charge in [-0.05, 0) is 18.6 Å². The summed E-state index contributed by atoms with van der Waals surface area (Å²) in [5, 5.41) is 19.7. The first kappa shape index (κ1) is 15.6. The van der Waals surface area contributed by atoms with Crippen LogP contribution in [0.1, 0.15) is 28.9 Å². The van der Waals surface area contributed by atoms with Crippen molar-refractivity contribution >= 4 is 17.8 Å². The molecule has 8 heteroatoms. The first-order valence-electron chi connectivity index (χ1n) is 5.84. The predicted molar refractivity (Wildman–Crippen MR) is 67.9 cm³/mol. The molecule has 0 unspecified atom stereocenters. The number of carboxylic acids is 2. The molecule has 0 aliphatic heterocycles. The van der Waals surface area contributed by atoms with Gasteiger partial charge in [-0.2, -0.15) is 0 Å². The Balaban J connectivity index is 2.74. The Hall–Kier alpha value is -2.48. The molecule has 0 fully saturated rings. The maximum atomic E-state index is 11.9. The van der Waals surface area contributed by atoms with Crippen LogP contribution in [0.25, 0.3) is 0 Å². The topological polar surface area (TPSA) is 143 Å². The molecule has 1 aromatic heterocycles. The summed E-state index contributed by atoms with van der Waals surface area (Å²) in [6.45, 7) is 0.155. The highest BCUT2D eigenvalue weighted by molar-refractivity contribution is 5.96. The van der Waals surface area contributed by atoms with E-state index in [1.165, 1.54) is 18.3 Å². The summed E-state index contributed by atoms with van der Waals surface area (Å²) in [5.74, 6) is -3.02. The Labute approximate surface area is 114 Å². The number of aliphatic carboxylic acids is 2. The molecule has 0 aliphatic carbocycles. The maximum absolute atomic E-state index is 11.9. The second-order valence-electron chi connectivity index (χ2n) is 4.04. The summed E-state index contributed by atoms with van der Waals surface area (Å²) in [5.41, 5.74) is 6.12. The lowest BCUT2D eigenvalue weighted by Gasteiger charge is -2.13. The molecule has 0 saturated carbocycles. The molecule has 1 aromatic rings. The fourth-order valence-electron chi connectivity index (χ4n) is 1.50. The predicted octanol–water partition coefficient (Wildman–Crippen LogP) is -0.412. The average Bonchev–Trinajstić information content (AvgIpc) is 2.42. The van der Waals surface area contributed by atoms with Crippen LogP contribution in [0.15, 0.2) is 18.3 Å². The lowest BCUT2D eigenvalue weighted by molar-refractivity contribution is -0.140. The summed E-state index contributed by atoms with van der Waals surface area (Å²) in [7, 11) is 0. The van der Waals surface area contributed by atoms with Crippen LogP contribution in [0.2, 0.25) is 0 Å². The number of nitrogens with two attached hydrogens (primary N) is 1. The van der Waals surface area contributed by atoms with Gasteiger partial charge >= 0.3 is 11.9 Å². The van der Waals surface area contributed by atoms with Gasteiger partial charge in [0.05, 0.1) is 5.69 Å². The van der Waals surface area contributed by atoms with Gasteiger partial charge in [-0.15, -0.1) is 0 Å². The van der Waals surface area contributed by atoms with E-state index in [-0.39, 0.29) is 24.9 Å². The second-order valence-corrected chi connectivity index (χ2v) is 4.04. The number of pyridine rings is 1. The molecule has 0 spiro atoms. The standard InChI is InChI=1S/C12H15N3O5/c13-6-8-5-7(3-4-14-8)11(18)15-9(12(19)20)1-2-10(16)17/h3-5,9H,1-2,6,13H2,(H,15,18)(H,16,17)(H,19,20)/t9-/m0/s1. The van der Waals surface area contributed by atoms with Gasteiger partial charge in [0.2, 0.25) is 0 Å². The molecule has 1 rings (SSSR count). The van der Waals surface area contributed by atoms with E-state index in [4.69, 9.17) is 15.9 Å². The molecule has 108 valence electrons. The van der Waals surface area contributed by atoms with Gasteiger partial charge in [-0.1, -0.05) is 0 Å². The summed E-state index contributed by atoms with van der Waals surface area (Å²) in [6.07, 6.45) is 0.858. The highest BCUT2D eigenvalue weighted by Gasteiger charge is 2.21. The zero-order chi connectivity index (χ0) is 15.1. The van der Waals surface area contributed by atoms with Gasteiger partial charge in [-0.3, -0.25) is 14.6 Å². The van der Waals surface area contributed by atoms with Gasteiger partial charge in [0.1, 0.15) is 6.04 Å². The van der Waals surface area contributed by atoms with E-state index in [1.807, 2.05) is 0 Å². The molecular formula is C12H15N3O5. The minimum absolute atomic E-state index is 0.155. The highest BCUT2D eigenvalue weighted by Crippen LogP contribution is 2.04. The third-order valence-corrected chi connectivity index (χ3v) is 2.54. The highest BCUT2D eigenvalue weighted by atomic mass is 16.4. The van der Waals surface area contributed by atoms with Crippen LogP contribution >= 0.6 is 0 Å². The number of nitrogens with one attached hydrogen (secondary N) is 1. The fourth-order valence-corrected chi connectivity index (χ4v) is 1.50. The van der Waals surface area contributed by atoms with Crippen LogP contribution in [-0.2, 0) is 16.1 Å². The van der Waals surface area contributed by atoms with E-state index >= 15 is 0 Å². The first-order chi connectivity index (χ1) is 9.43. The molecule has 1 amide bonds. The van der Waals surface area contributed by atoms with Crippen LogP contribution in [0.4, 0.5) is 0 Å². The second kappa shape index (κ2) is 7.19. The van der Waals surface area contributed by atoms with E-state index in [2.05, 4.69) is 10.3 Å². The molecule has 1 heterocycles. The zero-order valence-electron chi connectivity index (χ0n) is 10.6. The molecule has 0 radical (unpaired) electrons. The van der Waals surface area contributed by atoms with E-state index in [9.17, 15) is 14.4 Å². The molecule has 0 bridgehead atoms. The maximum Gasteiger partial charge on any atom is 0.326 e. The van der Waals surface area contributed by atoms with Gasteiger partial charge in [-0.25, -0.2) is 4.79 Å². The molecule has 20 heavy (non-hydrogen) atoms. The molecular weight excluding hydrogens is 266 g/mol. The smallest absolute Gasteiger partial charge is 0.326 e. The van der Waals surface area contributed by atoms with Crippen molar-refractivity contribution < 1.29 is 24.6 Å².